The second-order valence-electron chi connectivity index (χ2n) is 2.15. The molecule has 0 aliphatic rings. The zero-order valence-corrected chi connectivity index (χ0v) is 7.25. The van der Waals surface area contributed by atoms with Crippen molar-refractivity contribution >= 4 is 5.97 Å². The predicted octanol–water partition coefficient (Wildman–Crippen LogP) is 0.209. The Kier molecular flexibility index (Phi) is 4.10. The summed E-state index contributed by atoms with van der Waals surface area (Å²) in [4.78, 5) is 12.5. The van der Waals surface area contributed by atoms with Crippen molar-refractivity contribution in [1.82, 2.24) is 4.90 Å². The third kappa shape index (κ3) is 3.50. The summed E-state index contributed by atoms with van der Waals surface area (Å²) < 4.78 is 9.20. The van der Waals surface area contributed by atoms with Gasteiger partial charge in [0.1, 0.15) is 0 Å². The third-order valence-electron chi connectivity index (χ3n) is 0.982. The quantitative estimate of drug-likeness (QED) is 0.335. The average Bonchev–Trinajstić information content (AvgIpc) is 1.98. The minimum absolute atomic E-state index is 0.192. The first-order valence-electron chi connectivity index (χ1n) is 3.12. The highest BCUT2D eigenvalue weighted by molar-refractivity contribution is 5.85. The lowest BCUT2D eigenvalue weighted by molar-refractivity contribution is -0.139. The van der Waals surface area contributed by atoms with E-state index in [0.717, 1.165) is 0 Å². The summed E-state index contributed by atoms with van der Waals surface area (Å²) in [5, 5.41) is 0. The van der Waals surface area contributed by atoms with Crippen LogP contribution in [0.5, 0.6) is 0 Å². The number of carbonyl (C=O) groups excluding carboxylic acids is 1. The number of hydrogen-bond acceptors (Lipinski definition) is 4. The van der Waals surface area contributed by atoms with Gasteiger partial charge in [0.15, 0.2) is 0 Å². The highest BCUT2D eigenvalue weighted by atomic mass is 16.6. The Morgan fingerprint density at radius 1 is 1.27 bits per heavy atom. The van der Waals surface area contributed by atoms with Crippen LogP contribution in [0.3, 0.4) is 0 Å². The van der Waals surface area contributed by atoms with E-state index in [1.54, 1.807) is 25.2 Å². The van der Waals surface area contributed by atoms with Crippen molar-refractivity contribution in [3.05, 3.63) is 12.0 Å². The second kappa shape index (κ2) is 4.60. The maximum absolute atomic E-state index is 10.8. The molecule has 0 aromatic rings. The molecule has 0 spiro atoms. The standard InChI is InChI=1S/C7H13NO3/c1-8(2)5-6(10-3)7(9)11-4/h5H,1-4H3. The molecule has 0 heterocycles. The zero-order valence-electron chi connectivity index (χ0n) is 7.25. The van der Waals surface area contributed by atoms with Crippen molar-refractivity contribution in [2.75, 3.05) is 28.3 Å². The lowest BCUT2D eigenvalue weighted by atomic mass is 10.5. The molecule has 0 aromatic heterocycles. The first kappa shape index (κ1) is 9.81. The van der Waals surface area contributed by atoms with Gasteiger partial charge < -0.3 is 14.4 Å². The van der Waals surface area contributed by atoms with E-state index in [2.05, 4.69) is 4.74 Å². The van der Waals surface area contributed by atoms with Gasteiger partial charge in [-0.1, -0.05) is 0 Å². The fourth-order valence-corrected chi connectivity index (χ4v) is 0.524. The van der Waals surface area contributed by atoms with E-state index >= 15 is 0 Å². The fourth-order valence-electron chi connectivity index (χ4n) is 0.524. The van der Waals surface area contributed by atoms with Crippen LogP contribution in [0, 0.1) is 0 Å². The number of rotatable bonds is 3. The molecule has 0 saturated heterocycles. The maximum Gasteiger partial charge on any atom is 0.374 e. The molecule has 0 rings (SSSR count). The van der Waals surface area contributed by atoms with Crippen molar-refractivity contribution in [2.24, 2.45) is 0 Å². The van der Waals surface area contributed by atoms with Crippen LogP contribution in [0.25, 0.3) is 0 Å². The minimum atomic E-state index is -0.471. The molecule has 0 amide bonds. The van der Waals surface area contributed by atoms with E-state index in [0.29, 0.717) is 0 Å². The van der Waals surface area contributed by atoms with Gasteiger partial charge in [-0.15, -0.1) is 0 Å². The third-order valence-corrected chi connectivity index (χ3v) is 0.982. The summed E-state index contributed by atoms with van der Waals surface area (Å²) in [7, 11) is 6.32. The molecule has 64 valence electrons. The topological polar surface area (TPSA) is 38.8 Å². The Morgan fingerprint density at radius 2 is 1.82 bits per heavy atom. The number of carbonyl (C=O) groups is 1. The van der Waals surface area contributed by atoms with Crippen molar-refractivity contribution in [3.63, 3.8) is 0 Å². The van der Waals surface area contributed by atoms with Crippen LogP contribution in [0.4, 0.5) is 0 Å². The van der Waals surface area contributed by atoms with E-state index in [9.17, 15) is 4.79 Å². The number of ether oxygens (including phenoxy) is 2. The lowest BCUT2D eigenvalue weighted by Gasteiger charge is -2.08. The molecule has 0 aliphatic heterocycles. The summed E-state index contributed by atoms with van der Waals surface area (Å²) in [6.07, 6.45) is 1.55. The van der Waals surface area contributed by atoms with E-state index < -0.39 is 5.97 Å². The van der Waals surface area contributed by atoms with Crippen LogP contribution in [-0.4, -0.2) is 39.2 Å². The van der Waals surface area contributed by atoms with Crippen LogP contribution in [0.15, 0.2) is 12.0 Å². The van der Waals surface area contributed by atoms with Crippen molar-refractivity contribution in [1.29, 1.82) is 0 Å². The number of esters is 1. The molecule has 0 N–H and O–H groups in total. The van der Waals surface area contributed by atoms with Gasteiger partial charge in [-0.2, -0.15) is 0 Å². The van der Waals surface area contributed by atoms with E-state index in [-0.39, 0.29) is 5.76 Å². The maximum atomic E-state index is 10.8. The molecule has 0 aliphatic carbocycles. The van der Waals surface area contributed by atoms with Crippen molar-refractivity contribution in [2.45, 2.75) is 0 Å². The van der Waals surface area contributed by atoms with Gasteiger partial charge >= 0.3 is 5.97 Å². The van der Waals surface area contributed by atoms with Gasteiger partial charge in [-0.3, -0.25) is 0 Å². The van der Waals surface area contributed by atoms with Gasteiger partial charge in [0.25, 0.3) is 0 Å². The molecule has 0 saturated carbocycles. The molecule has 0 bridgehead atoms. The molecule has 4 nitrogen and oxygen atoms in total. The highest BCUT2D eigenvalue weighted by Crippen LogP contribution is 1.98. The van der Waals surface area contributed by atoms with Crippen molar-refractivity contribution < 1.29 is 14.3 Å². The average molecular weight is 159 g/mol. The summed E-state index contributed by atoms with van der Waals surface area (Å²) in [6, 6.07) is 0. The number of methoxy groups -OCH3 is 2. The van der Waals surface area contributed by atoms with E-state index in [4.69, 9.17) is 4.74 Å². The fraction of sp³-hybridized carbons (Fsp3) is 0.571. The Hall–Kier alpha value is -1.19. The molecule has 0 unspecified atom stereocenters. The normalized spacial score (nSPS) is 10.7. The van der Waals surface area contributed by atoms with Gasteiger partial charge in [0.05, 0.1) is 14.2 Å². The largest absolute Gasteiger partial charge is 0.489 e. The summed E-state index contributed by atoms with van der Waals surface area (Å²) >= 11 is 0. The molecule has 0 radical (unpaired) electrons. The Morgan fingerprint density at radius 3 is 2.09 bits per heavy atom. The van der Waals surface area contributed by atoms with Gasteiger partial charge in [-0.05, 0) is 0 Å². The van der Waals surface area contributed by atoms with Crippen LogP contribution in [0.1, 0.15) is 0 Å². The van der Waals surface area contributed by atoms with Crippen LogP contribution < -0.4 is 0 Å². The van der Waals surface area contributed by atoms with E-state index in [1.807, 2.05) is 0 Å². The highest BCUT2D eigenvalue weighted by Gasteiger charge is 2.08. The summed E-state index contributed by atoms with van der Waals surface area (Å²) in [5.41, 5.74) is 0. The molecular formula is C7H13NO3. The monoisotopic (exact) mass is 159 g/mol. The lowest BCUT2D eigenvalue weighted by Crippen LogP contribution is -2.11. The molecule has 0 atom stereocenters. The van der Waals surface area contributed by atoms with Gasteiger partial charge in [-0.25, -0.2) is 4.79 Å². The number of hydrogen-bond donors (Lipinski definition) is 0. The Labute approximate surface area is 66.4 Å². The summed E-state index contributed by atoms with van der Waals surface area (Å²) in [6.45, 7) is 0. The first-order chi connectivity index (χ1) is 5.11. The first-order valence-corrected chi connectivity index (χ1v) is 3.12. The minimum Gasteiger partial charge on any atom is -0.489 e. The molecule has 0 aromatic carbocycles. The molecular weight excluding hydrogens is 146 g/mol. The molecule has 4 heteroatoms. The number of nitrogens with zero attached hydrogens (tertiary/aromatic N) is 1. The van der Waals surface area contributed by atoms with Crippen LogP contribution in [-0.2, 0) is 14.3 Å². The zero-order chi connectivity index (χ0) is 8.85. The van der Waals surface area contributed by atoms with Gasteiger partial charge in [0.2, 0.25) is 5.76 Å². The van der Waals surface area contributed by atoms with Crippen molar-refractivity contribution in [3.8, 4) is 0 Å². The SMILES string of the molecule is COC(=O)C(=CN(C)C)OC. The van der Waals surface area contributed by atoms with E-state index in [1.165, 1.54) is 14.2 Å². The van der Waals surface area contributed by atoms with Crippen LogP contribution >= 0.6 is 0 Å². The molecule has 0 fully saturated rings. The van der Waals surface area contributed by atoms with Gasteiger partial charge in [0, 0.05) is 20.3 Å². The second-order valence-corrected chi connectivity index (χ2v) is 2.15. The Balaban J connectivity index is 4.27. The smallest absolute Gasteiger partial charge is 0.374 e. The molecule has 11 heavy (non-hydrogen) atoms. The predicted molar refractivity (Wildman–Crippen MR) is 40.8 cm³/mol. The Bertz CT molecular complexity index is 163. The summed E-state index contributed by atoms with van der Waals surface area (Å²) in [5.74, 6) is -0.279. The van der Waals surface area contributed by atoms with Crippen LogP contribution in [0.2, 0.25) is 0 Å².